The van der Waals surface area contributed by atoms with Crippen molar-refractivity contribution in [2.45, 2.75) is 57.8 Å². The van der Waals surface area contributed by atoms with E-state index in [-0.39, 0.29) is 17.6 Å². The monoisotopic (exact) mass is 321 g/mol. The number of nitrogens with one attached hydrogen (secondary N) is 2. The minimum atomic E-state index is -0.439. The fourth-order valence-electron chi connectivity index (χ4n) is 3.91. The molecule has 1 aromatic carbocycles. The molecule has 0 aliphatic carbocycles. The van der Waals surface area contributed by atoms with Gasteiger partial charge in [0.2, 0.25) is 5.91 Å². The van der Waals surface area contributed by atoms with Crippen LogP contribution in [0.25, 0.3) is 0 Å². The van der Waals surface area contributed by atoms with Crippen LogP contribution in [-0.4, -0.2) is 29.7 Å². The molecule has 5 heteroatoms. The molecule has 2 heterocycles. The van der Waals surface area contributed by atoms with Crippen molar-refractivity contribution < 1.29 is 4.79 Å². The molecule has 2 aliphatic heterocycles. The Hall–Kier alpha value is -1.26. The quantitative estimate of drug-likeness (QED) is 0.836. The number of amides is 1. The van der Waals surface area contributed by atoms with Crippen molar-refractivity contribution in [3.63, 3.8) is 0 Å². The van der Waals surface area contributed by atoms with Crippen LogP contribution < -0.4 is 15.5 Å². The maximum absolute atomic E-state index is 12.5. The molecule has 0 unspecified atom stereocenters. The van der Waals surface area contributed by atoms with Crippen molar-refractivity contribution in [2.24, 2.45) is 0 Å². The molecular weight excluding hydrogens is 298 g/mol. The fourth-order valence-corrected chi connectivity index (χ4v) is 4.07. The first kappa shape index (κ1) is 15.6. The molecule has 22 heavy (non-hydrogen) atoms. The summed E-state index contributed by atoms with van der Waals surface area (Å²) in [5, 5.41) is 7.33. The summed E-state index contributed by atoms with van der Waals surface area (Å²) in [6.07, 6.45) is 1.60. The number of benzene rings is 1. The first-order valence-corrected chi connectivity index (χ1v) is 8.25. The molecule has 2 saturated heterocycles. The molecule has 0 radical (unpaired) electrons. The van der Waals surface area contributed by atoms with E-state index in [1.165, 1.54) is 11.3 Å². The summed E-state index contributed by atoms with van der Waals surface area (Å²) < 4.78 is 0. The zero-order valence-corrected chi connectivity index (χ0v) is 14.4. The lowest BCUT2D eigenvalue weighted by Crippen LogP contribution is -2.59. The summed E-state index contributed by atoms with van der Waals surface area (Å²) in [5.41, 5.74) is 1.63. The van der Waals surface area contributed by atoms with Gasteiger partial charge in [-0.3, -0.25) is 10.1 Å². The van der Waals surface area contributed by atoms with Crippen LogP contribution >= 0.6 is 11.6 Å². The molecule has 2 N–H and O–H groups in total. The summed E-state index contributed by atoms with van der Waals surface area (Å²) in [4.78, 5) is 14.8. The fraction of sp³-hybridized carbons (Fsp3) is 0.588. The summed E-state index contributed by atoms with van der Waals surface area (Å²) in [6, 6.07) is 6.28. The maximum Gasteiger partial charge on any atom is 0.241 e. The van der Waals surface area contributed by atoms with E-state index >= 15 is 0 Å². The van der Waals surface area contributed by atoms with E-state index in [1.807, 2.05) is 26.0 Å². The van der Waals surface area contributed by atoms with Crippen LogP contribution in [-0.2, 0) is 4.79 Å². The lowest BCUT2D eigenvalue weighted by atomic mass is 9.83. The molecular formula is C17H24ClN3O. The highest BCUT2D eigenvalue weighted by molar-refractivity contribution is 6.30. The van der Waals surface area contributed by atoms with Gasteiger partial charge in [0, 0.05) is 23.3 Å². The van der Waals surface area contributed by atoms with Gasteiger partial charge >= 0.3 is 0 Å². The van der Waals surface area contributed by atoms with E-state index in [2.05, 4.69) is 35.4 Å². The molecule has 2 fully saturated rings. The molecule has 1 aromatic rings. The van der Waals surface area contributed by atoms with Crippen LogP contribution in [0.1, 0.15) is 39.2 Å². The van der Waals surface area contributed by atoms with Crippen LogP contribution in [0, 0.1) is 6.92 Å². The number of piperidine rings is 1. The van der Waals surface area contributed by atoms with Gasteiger partial charge < -0.3 is 10.2 Å². The highest BCUT2D eigenvalue weighted by atomic mass is 35.5. The first-order chi connectivity index (χ1) is 10.2. The summed E-state index contributed by atoms with van der Waals surface area (Å²) in [5.74, 6) is 0.131. The number of hydrogen-bond donors (Lipinski definition) is 2. The third kappa shape index (κ3) is 2.59. The average Bonchev–Trinajstić information content (AvgIpc) is 2.62. The Balaban J connectivity index is 1.84. The topological polar surface area (TPSA) is 44.4 Å². The number of hydrogen-bond acceptors (Lipinski definition) is 3. The standard InChI is InChI=1S/C17H24ClN3O/c1-11-5-6-13(18)9-14(11)21-8-7-17(10-12(21)2)15(22)19-16(3,4)20-17/h5-6,9,12,20H,7-8,10H2,1-4H3,(H,19,22)/t12-,17+/m0/s1. The normalized spacial score (nSPS) is 30.7. The molecule has 2 aliphatic rings. The Morgan fingerprint density at radius 1 is 1.36 bits per heavy atom. The first-order valence-electron chi connectivity index (χ1n) is 7.87. The molecule has 1 amide bonds. The maximum atomic E-state index is 12.5. The largest absolute Gasteiger partial charge is 0.368 e. The molecule has 120 valence electrons. The van der Waals surface area contributed by atoms with Crippen LogP contribution in [0.2, 0.25) is 5.02 Å². The summed E-state index contributed by atoms with van der Waals surface area (Å²) in [7, 11) is 0. The lowest BCUT2D eigenvalue weighted by Gasteiger charge is -2.44. The van der Waals surface area contributed by atoms with E-state index in [4.69, 9.17) is 11.6 Å². The van der Waals surface area contributed by atoms with Gasteiger partial charge in [-0.1, -0.05) is 17.7 Å². The summed E-state index contributed by atoms with van der Waals surface area (Å²) in [6.45, 7) is 9.16. The van der Waals surface area contributed by atoms with Crippen molar-refractivity contribution in [3.8, 4) is 0 Å². The van der Waals surface area contributed by atoms with Crippen molar-refractivity contribution in [3.05, 3.63) is 28.8 Å². The Morgan fingerprint density at radius 2 is 2.09 bits per heavy atom. The second kappa shape index (κ2) is 5.14. The minimum Gasteiger partial charge on any atom is -0.368 e. The van der Waals surface area contributed by atoms with Crippen LogP contribution in [0.15, 0.2) is 18.2 Å². The average molecular weight is 322 g/mol. The van der Waals surface area contributed by atoms with Gasteiger partial charge in [0.05, 0.1) is 5.66 Å². The Labute approximate surface area is 137 Å². The molecule has 0 aromatic heterocycles. The highest BCUT2D eigenvalue weighted by Crippen LogP contribution is 2.36. The predicted octanol–water partition coefficient (Wildman–Crippen LogP) is 2.83. The minimum absolute atomic E-state index is 0.131. The SMILES string of the molecule is Cc1ccc(Cl)cc1N1CC[C@]2(C[C@@H]1C)NC(C)(C)NC2=O. The van der Waals surface area contributed by atoms with Gasteiger partial charge in [-0.15, -0.1) is 0 Å². The molecule has 0 saturated carbocycles. The van der Waals surface area contributed by atoms with Crippen LogP contribution in [0.5, 0.6) is 0 Å². The van der Waals surface area contributed by atoms with Gasteiger partial charge in [-0.05, 0) is 58.2 Å². The number of nitrogens with zero attached hydrogens (tertiary/aromatic N) is 1. The van der Waals surface area contributed by atoms with Crippen molar-refractivity contribution in [2.75, 3.05) is 11.4 Å². The third-order valence-electron chi connectivity index (χ3n) is 4.85. The van der Waals surface area contributed by atoms with Gasteiger partial charge in [-0.2, -0.15) is 0 Å². The number of rotatable bonds is 1. The number of carbonyl (C=O) groups excluding carboxylic acids is 1. The van der Waals surface area contributed by atoms with E-state index in [1.54, 1.807) is 0 Å². The van der Waals surface area contributed by atoms with E-state index in [9.17, 15) is 4.79 Å². The van der Waals surface area contributed by atoms with Crippen molar-refractivity contribution >= 4 is 23.2 Å². The smallest absolute Gasteiger partial charge is 0.241 e. The van der Waals surface area contributed by atoms with Crippen LogP contribution in [0.4, 0.5) is 5.69 Å². The highest BCUT2D eigenvalue weighted by Gasteiger charge is 2.52. The van der Waals surface area contributed by atoms with Gasteiger partial charge in [0.15, 0.2) is 0 Å². The molecule has 2 atom stereocenters. The number of anilines is 1. The van der Waals surface area contributed by atoms with Crippen molar-refractivity contribution in [1.29, 1.82) is 0 Å². The predicted molar refractivity (Wildman–Crippen MR) is 90.3 cm³/mol. The third-order valence-corrected chi connectivity index (χ3v) is 5.08. The van der Waals surface area contributed by atoms with Crippen LogP contribution in [0.3, 0.4) is 0 Å². The Bertz CT molecular complexity index is 616. The summed E-state index contributed by atoms with van der Waals surface area (Å²) >= 11 is 6.16. The zero-order valence-electron chi connectivity index (χ0n) is 13.7. The van der Waals surface area contributed by atoms with Gasteiger partial charge in [-0.25, -0.2) is 0 Å². The van der Waals surface area contributed by atoms with Gasteiger partial charge in [0.25, 0.3) is 0 Å². The van der Waals surface area contributed by atoms with Gasteiger partial charge in [0.1, 0.15) is 5.54 Å². The zero-order chi connectivity index (χ0) is 16.1. The Kier molecular flexibility index (Phi) is 3.65. The molecule has 1 spiro atoms. The second-order valence-electron chi connectivity index (χ2n) is 7.21. The molecule has 4 nitrogen and oxygen atoms in total. The second-order valence-corrected chi connectivity index (χ2v) is 7.65. The van der Waals surface area contributed by atoms with E-state index < -0.39 is 5.54 Å². The lowest BCUT2D eigenvalue weighted by molar-refractivity contribution is -0.125. The Morgan fingerprint density at radius 3 is 2.68 bits per heavy atom. The molecule has 3 rings (SSSR count). The number of carbonyl (C=O) groups is 1. The van der Waals surface area contributed by atoms with E-state index in [0.717, 1.165) is 24.4 Å². The van der Waals surface area contributed by atoms with E-state index in [0.29, 0.717) is 0 Å². The van der Waals surface area contributed by atoms with Crippen molar-refractivity contribution in [1.82, 2.24) is 10.6 Å². The number of aryl methyl sites for hydroxylation is 1. The molecule has 0 bridgehead atoms. The number of halogens is 1.